The molecule has 0 saturated carbocycles. The predicted octanol–water partition coefficient (Wildman–Crippen LogP) is 5.22. The van der Waals surface area contributed by atoms with E-state index in [2.05, 4.69) is 28.2 Å². The number of para-hydroxylation sites is 1. The van der Waals surface area contributed by atoms with Crippen LogP contribution in [0.1, 0.15) is 23.8 Å². The number of halogens is 3. The van der Waals surface area contributed by atoms with Crippen LogP contribution in [0.4, 0.5) is 5.69 Å². The van der Waals surface area contributed by atoms with E-state index in [4.69, 9.17) is 23.2 Å². The van der Waals surface area contributed by atoms with E-state index in [0.29, 0.717) is 21.4 Å². The summed E-state index contributed by atoms with van der Waals surface area (Å²) in [5.41, 5.74) is 0.996. The van der Waals surface area contributed by atoms with Crippen molar-refractivity contribution in [3.05, 3.63) is 50.7 Å². The molecule has 0 aliphatic heterocycles. The summed E-state index contributed by atoms with van der Waals surface area (Å²) in [5.74, 6) is -0.237. The van der Waals surface area contributed by atoms with Crippen LogP contribution in [-0.4, -0.2) is 10.5 Å². The van der Waals surface area contributed by atoms with E-state index in [1.807, 2.05) is 10.8 Å². The van der Waals surface area contributed by atoms with Gasteiger partial charge in [0.1, 0.15) is 5.69 Å². The van der Waals surface area contributed by atoms with Gasteiger partial charge in [0.25, 0.3) is 5.91 Å². The summed E-state index contributed by atoms with van der Waals surface area (Å²) in [7, 11) is 0. The molecule has 0 aliphatic rings. The maximum atomic E-state index is 12.4. The van der Waals surface area contributed by atoms with Crippen LogP contribution in [0.3, 0.4) is 0 Å². The van der Waals surface area contributed by atoms with E-state index in [-0.39, 0.29) is 5.91 Å². The summed E-state index contributed by atoms with van der Waals surface area (Å²) in [5, 5.41) is 3.59. The SMILES string of the molecule is CCCn1cc(Br)cc1C(=O)Nc1c(Cl)cccc1Cl. The van der Waals surface area contributed by atoms with Crippen LogP contribution in [0.15, 0.2) is 34.9 Å². The Balaban J connectivity index is 2.28. The number of aromatic nitrogens is 1. The molecule has 1 aromatic heterocycles. The Hall–Kier alpha value is -0.970. The van der Waals surface area contributed by atoms with Gasteiger partial charge in [0.2, 0.25) is 0 Å². The Morgan fingerprint density at radius 1 is 1.35 bits per heavy atom. The maximum absolute atomic E-state index is 12.4. The van der Waals surface area contributed by atoms with Crippen molar-refractivity contribution < 1.29 is 4.79 Å². The molecule has 1 N–H and O–H groups in total. The first-order valence-electron chi connectivity index (χ1n) is 6.14. The van der Waals surface area contributed by atoms with Crippen molar-refractivity contribution in [2.24, 2.45) is 0 Å². The number of carbonyl (C=O) groups is 1. The highest BCUT2D eigenvalue weighted by Gasteiger charge is 2.15. The number of rotatable bonds is 4. The van der Waals surface area contributed by atoms with Crippen molar-refractivity contribution in [3.8, 4) is 0 Å². The van der Waals surface area contributed by atoms with Gasteiger partial charge in [-0.3, -0.25) is 4.79 Å². The molecule has 1 aromatic carbocycles. The average Bonchev–Trinajstić information content (AvgIpc) is 2.75. The second kappa shape index (κ2) is 6.66. The van der Waals surface area contributed by atoms with Crippen LogP contribution in [0.2, 0.25) is 10.0 Å². The molecule has 20 heavy (non-hydrogen) atoms. The van der Waals surface area contributed by atoms with E-state index in [0.717, 1.165) is 17.4 Å². The van der Waals surface area contributed by atoms with Gasteiger partial charge in [0, 0.05) is 17.2 Å². The minimum atomic E-state index is -0.237. The summed E-state index contributed by atoms with van der Waals surface area (Å²) < 4.78 is 2.76. The Labute approximate surface area is 136 Å². The zero-order chi connectivity index (χ0) is 14.7. The molecule has 3 nitrogen and oxygen atoms in total. The van der Waals surface area contributed by atoms with Gasteiger partial charge in [-0.15, -0.1) is 0 Å². The van der Waals surface area contributed by atoms with E-state index in [1.165, 1.54) is 0 Å². The van der Waals surface area contributed by atoms with Gasteiger partial charge < -0.3 is 9.88 Å². The van der Waals surface area contributed by atoms with Gasteiger partial charge >= 0.3 is 0 Å². The fourth-order valence-corrected chi connectivity index (χ4v) is 2.84. The smallest absolute Gasteiger partial charge is 0.272 e. The highest BCUT2D eigenvalue weighted by atomic mass is 79.9. The van der Waals surface area contributed by atoms with Crippen LogP contribution in [0, 0.1) is 0 Å². The predicted molar refractivity (Wildman–Crippen MR) is 86.8 cm³/mol. The number of hydrogen-bond acceptors (Lipinski definition) is 1. The molecule has 0 fully saturated rings. The molecular formula is C14H13BrCl2N2O. The molecule has 0 atom stereocenters. The van der Waals surface area contributed by atoms with Gasteiger partial charge in [0.05, 0.1) is 15.7 Å². The van der Waals surface area contributed by atoms with Crippen LogP contribution in [0.5, 0.6) is 0 Å². The van der Waals surface area contributed by atoms with Crippen LogP contribution in [-0.2, 0) is 6.54 Å². The monoisotopic (exact) mass is 374 g/mol. The van der Waals surface area contributed by atoms with E-state index < -0.39 is 0 Å². The topological polar surface area (TPSA) is 34.0 Å². The van der Waals surface area contributed by atoms with Crippen molar-refractivity contribution in [1.29, 1.82) is 0 Å². The normalized spacial score (nSPS) is 10.6. The largest absolute Gasteiger partial charge is 0.342 e. The first-order valence-corrected chi connectivity index (χ1v) is 7.69. The standard InChI is InChI=1S/C14H13BrCl2N2O/c1-2-6-19-8-9(15)7-12(19)14(20)18-13-10(16)4-3-5-11(13)17/h3-5,7-8H,2,6H2,1H3,(H,18,20). The van der Waals surface area contributed by atoms with Crippen molar-refractivity contribution in [3.63, 3.8) is 0 Å². The van der Waals surface area contributed by atoms with Crippen molar-refractivity contribution >= 4 is 50.7 Å². The minimum absolute atomic E-state index is 0.237. The van der Waals surface area contributed by atoms with Gasteiger partial charge in [-0.05, 0) is 40.5 Å². The van der Waals surface area contributed by atoms with Gasteiger partial charge in [-0.25, -0.2) is 0 Å². The lowest BCUT2D eigenvalue weighted by molar-refractivity contribution is 0.101. The van der Waals surface area contributed by atoms with Gasteiger partial charge in [0.15, 0.2) is 0 Å². The molecule has 0 spiro atoms. The number of benzene rings is 1. The van der Waals surface area contributed by atoms with Crippen molar-refractivity contribution in [1.82, 2.24) is 4.57 Å². The Kier molecular flexibility index (Phi) is 5.13. The molecular weight excluding hydrogens is 363 g/mol. The van der Waals surface area contributed by atoms with E-state index in [9.17, 15) is 4.79 Å². The summed E-state index contributed by atoms with van der Waals surface area (Å²) in [6.07, 6.45) is 2.82. The highest BCUT2D eigenvalue weighted by molar-refractivity contribution is 9.10. The maximum Gasteiger partial charge on any atom is 0.272 e. The second-order valence-electron chi connectivity index (χ2n) is 4.29. The second-order valence-corrected chi connectivity index (χ2v) is 6.02. The third-order valence-corrected chi connectivity index (χ3v) is 3.83. The third kappa shape index (κ3) is 3.37. The number of carbonyl (C=O) groups excluding carboxylic acids is 1. The molecule has 106 valence electrons. The summed E-state index contributed by atoms with van der Waals surface area (Å²) in [6.45, 7) is 2.82. The zero-order valence-electron chi connectivity index (χ0n) is 10.8. The van der Waals surface area contributed by atoms with Crippen molar-refractivity contribution in [2.45, 2.75) is 19.9 Å². The molecule has 1 amide bonds. The number of nitrogens with zero attached hydrogens (tertiary/aromatic N) is 1. The Morgan fingerprint density at radius 3 is 2.60 bits per heavy atom. The van der Waals surface area contributed by atoms with Gasteiger partial charge in [-0.1, -0.05) is 36.2 Å². The molecule has 6 heteroatoms. The lowest BCUT2D eigenvalue weighted by Gasteiger charge is -2.11. The fourth-order valence-electron chi connectivity index (χ4n) is 1.89. The number of amides is 1. The van der Waals surface area contributed by atoms with Crippen LogP contribution < -0.4 is 5.32 Å². The molecule has 1 heterocycles. The van der Waals surface area contributed by atoms with Gasteiger partial charge in [-0.2, -0.15) is 0 Å². The number of anilines is 1. The van der Waals surface area contributed by atoms with Crippen LogP contribution in [0.25, 0.3) is 0 Å². The molecule has 0 radical (unpaired) electrons. The number of nitrogens with one attached hydrogen (secondary N) is 1. The summed E-state index contributed by atoms with van der Waals surface area (Å²) >= 11 is 15.5. The van der Waals surface area contributed by atoms with Crippen LogP contribution >= 0.6 is 39.1 Å². The molecule has 2 aromatic rings. The Morgan fingerprint density at radius 2 is 2.00 bits per heavy atom. The van der Waals surface area contributed by atoms with E-state index in [1.54, 1.807) is 24.3 Å². The molecule has 2 rings (SSSR count). The third-order valence-electron chi connectivity index (χ3n) is 2.76. The zero-order valence-corrected chi connectivity index (χ0v) is 13.9. The summed E-state index contributed by atoms with van der Waals surface area (Å²) in [4.78, 5) is 12.4. The summed E-state index contributed by atoms with van der Waals surface area (Å²) in [6, 6.07) is 6.88. The van der Waals surface area contributed by atoms with E-state index >= 15 is 0 Å². The lowest BCUT2D eigenvalue weighted by atomic mass is 10.3. The molecule has 0 bridgehead atoms. The first-order chi connectivity index (χ1) is 9.52. The first kappa shape index (κ1) is 15.4. The number of hydrogen-bond donors (Lipinski definition) is 1. The highest BCUT2D eigenvalue weighted by Crippen LogP contribution is 2.30. The fraction of sp³-hybridized carbons (Fsp3) is 0.214. The number of aryl methyl sites for hydroxylation is 1. The molecule has 0 saturated heterocycles. The van der Waals surface area contributed by atoms with Crippen molar-refractivity contribution in [2.75, 3.05) is 5.32 Å². The quantitative estimate of drug-likeness (QED) is 0.780. The molecule has 0 aliphatic carbocycles. The molecule has 0 unspecified atom stereocenters. The average molecular weight is 376 g/mol. The Bertz CT molecular complexity index is 620. The minimum Gasteiger partial charge on any atom is -0.342 e. The lowest BCUT2D eigenvalue weighted by Crippen LogP contribution is -2.17.